The van der Waals surface area contributed by atoms with Crippen molar-refractivity contribution in [3.63, 3.8) is 0 Å². The van der Waals surface area contributed by atoms with Crippen molar-refractivity contribution < 1.29 is 14.5 Å². The van der Waals surface area contributed by atoms with Gasteiger partial charge in [-0.25, -0.2) is 0 Å². The Labute approximate surface area is 166 Å². The maximum atomic E-state index is 12.4. The lowest BCUT2D eigenvalue weighted by Gasteiger charge is -2.09. The topological polar surface area (TPSA) is 114 Å². The molecule has 0 aliphatic rings. The van der Waals surface area contributed by atoms with Crippen LogP contribution in [0.4, 0.5) is 11.4 Å². The molecule has 146 valence electrons. The number of nitrogens with zero attached hydrogens (tertiary/aromatic N) is 2. The van der Waals surface area contributed by atoms with Crippen LogP contribution < -0.4 is 10.6 Å². The summed E-state index contributed by atoms with van der Waals surface area (Å²) in [5, 5.41) is 16.4. The van der Waals surface area contributed by atoms with Crippen molar-refractivity contribution in [2.45, 2.75) is 13.5 Å². The molecule has 8 heteroatoms. The first-order valence-electron chi connectivity index (χ1n) is 8.78. The van der Waals surface area contributed by atoms with Crippen molar-refractivity contribution in [2.24, 2.45) is 0 Å². The summed E-state index contributed by atoms with van der Waals surface area (Å²) in [5.41, 5.74) is 2.20. The van der Waals surface area contributed by atoms with Gasteiger partial charge < -0.3 is 10.6 Å². The first kappa shape index (κ1) is 19.7. The minimum atomic E-state index is -0.496. The molecule has 8 nitrogen and oxygen atoms in total. The van der Waals surface area contributed by atoms with Gasteiger partial charge in [0.2, 0.25) is 0 Å². The van der Waals surface area contributed by atoms with Crippen LogP contribution in [-0.2, 0) is 6.54 Å². The van der Waals surface area contributed by atoms with Crippen molar-refractivity contribution >= 4 is 23.2 Å². The van der Waals surface area contributed by atoms with E-state index in [0.29, 0.717) is 23.4 Å². The Balaban J connectivity index is 1.67. The Morgan fingerprint density at radius 2 is 1.79 bits per heavy atom. The number of nitro groups is 1. The molecule has 3 aromatic rings. The van der Waals surface area contributed by atoms with Crippen LogP contribution in [0, 0.1) is 17.0 Å². The van der Waals surface area contributed by atoms with Gasteiger partial charge in [-0.15, -0.1) is 0 Å². The fraction of sp³-hybridized carbons (Fsp3) is 0.0952. The second kappa shape index (κ2) is 8.75. The van der Waals surface area contributed by atoms with E-state index in [1.165, 1.54) is 18.2 Å². The Kier molecular flexibility index (Phi) is 5.94. The quantitative estimate of drug-likeness (QED) is 0.494. The molecule has 0 fully saturated rings. The number of hydrogen-bond donors (Lipinski definition) is 2. The Morgan fingerprint density at radius 3 is 2.48 bits per heavy atom. The van der Waals surface area contributed by atoms with Gasteiger partial charge in [-0.3, -0.25) is 24.7 Å². The molecule has 0 atom stereocenters. The van der Waals surface area contributed by atoms with Crippen LogP contribution in [0.25, 0.3) is 0 Å². The fourth-order valence-corrected chi connectivity index (χ4v) is 2.72. The van der Waals surface area contributed by atoms with Crippen molar-refractivity contribution in [1.29, 1.82) is 0 Å². The zero-order valence-corrected chi connectivity index (χ0v) is 15.6. The second-order valence-electron chi connectivity index (χ2n) is 6.30. The number of aryl methyl sites for hydroxylation is 1. The van der Waals surface area contributed by atoms with Gasteiger partial charge in [0.25, 0.3) is 17.5 Å². The summed E-state index contributed by atoms with van der Waals surface area (Å²) in [4.78, 5) is 39.4. The number of aromatic nitrogens is 1. The monoisotopic (exact) mass is 390 g/mol. The molecule has 2 N–H and O–H groups in total. The van der Waals surface area contributed by atoms with Crippen LogP contribution in [0.15, 0.2) is 66.9 Å². The molecule has 0 aliphatic carbocycles. The van der Waals surface area contributed by atoms with Crippen LogP contribution in [0.5, 0.6) is 0 Å². The largest absolute Gasteiger partial charge is 0.346 e. The van der Waals surface area contributed by atoms with Gasteiger partial charge in [0, 0.05) is 34.6 Å². The molecule has 2 amide bonds. The lowest BCUT2D eigenvalue weighted by molar-refractivity contribution is -0.385. The molecule has 0 spiro atoms. The van der Waals surface area contributed by atoms with Crippen LogP contribution in [0.3, 0.4) is 0 Å². The summed E-state index contributed by atoms with van der Waals surface area (Å²) in [5.74, 6) is -0.716. The maximum Gasteiger partial charge on any atom is 0.272 e. The summed E-state index contributed by atoms with van der Waals surface area (Å²) in [7, 11) is 0. The number of amides is 2. The van der Waals surface area contributed by atoms with Gasteiger partial charge >= 0.3 is 0 Å². The number of hydrogen-bond acceptors (Lipinski definition) is 5. The highest BCUT2D eigenvalue weighted by Gasteiger charge is 2.14. The van der Waals surface area contributed by atoms with Crippen molar-refractivity contribution in [2.75, 3.05) is 5.32 Å². The van der Waals surface area contributed by atoms with Crippen LogP contribution in [0.2, 0.25) is 0 Å². The van der Waals surface area contributed by atoms with E-state index < -0.39 is 10.8 Å². The number of rotatable bonds is 6. The molecule has 3 rings (SSSR count). The molecular weight excluding hydrogens is 372 g/mol. The van der Waals surface area contributed by atoms with E-state index in [2.05, 4.69) is 15.6 Å². The summed E-state index contributed by atoms with van der Waals surface area (Å²) in [6.45, 7) is 1.86. The zero-order valence-electron chi connectivity index (χ0n) is 15.6. The van der Waals surface area contributed by atoms with E-state index in [0.717, 1.165) is 5.69 Å². The predicted molar refractivity (Wildman–Crippen MR) is 108 cm³/mol. The summed E-state index contributed by atoms with van der Waals surface area (Å²) < 4.78 is 0. The number of carbonyl (C=O) groups is 2. The molecular formula is C21H18N4O4. The van der Waals surface area contributed by atoms with Gasteiger partial charge in [0.15, 0.2) is 0 Å². The van der Waals surface area contributed by atoms with Crippen molar-refractivity contribution in [1.82, 2.24) is 10.3 Å². The van der Waals surface area contributed by atoms with Gasteiger partial charge in [0.05, 0.1) is 17.2 Å². The van der Waals surface area contributed by atoms with E-state index in [1.807, 2.05) is 12.1 Å². The standard InChI is InChI=1S/C21H18N4O4/c1-14-11-16(8-9-19(14)25(28)29)21(27)24-17-7-4-5-15(12-17)20(26)23-13-18-6-2-3-10-22-18/h2-12H,13H2,1H3,(H,23,26)(H,24,27). The molecule has 0 aliphatic heterocycles. The van der Waals surface area contributed by atoms with Crippen molar-refractivity contribution in [3.05, 3.63) is 99.4 Å². The predicted octanol–water partition coefficient (Wildman–Crippen LogP) is 3.48. The Bertz CT molecular complexity index is 1070. The Hall–Kier alpha value is -4.07. The summed E-state index contributed by atoms with van der Waals surface area (Å²) in [6, 6.07) is 16.1. The normalized spacial score (nSPS) is 10.2. The minimum absolute atomic E-state index is 0.0480. The van der Waals surface area contributed by atoms with Crippen LogP contribution >= 0.6 is 0 Å². The highest BCUT2D eigenvalue weighted by atomic mass is 16.6. The molecule has 0 saturated heterocycles. The number of pyridine rings is 1. The number of anilines is 1. The average molecular weight is 390 g/mol. The molecule has 0 bridgehead atoms. The number of nitro benzene ring substituents is 1. The summed E-state index contributed by atoms with van der Waals surface area (Å²) >= 11 is 0. The first-order valence-corrected chi connectivity index (χ1v) is 8.78. The lowest BCUT2D eigenvalue weighted by atomic mass is 10.1. The average Bonchev–Trinajstić information content (AvgIpc) is 2.72. The molecule has 0 saturated carbocycles. The third-order valence-corrected chi connectivity index (χ3v) is 4.19. The van der Waals surface area contributed by atoms with Gasteiger partial charge in [-0.2, -0.15) is 0 Å². The van der Waals surface area contributed by atoms with Gasteiger partial charge in [-0.1, -0.05) is 12.1 Å². The summed E-state index contributed by atoms with van der Waals surface area (Å²) in [6.07, 6.45) is 1.65. The van der Waals surface area contributed by atoms with Crippen LogP contribution in [-0.4, -0.2) is 21.7 Å². The number of benzene rings is 2. The minimum Gasteiger partial charge on any atom is -0.346 e. The molecule has 0 radical (unpaired) electrons. The smallest absolute Gasteiger partial charge is 0.272 e. The highest BCUT2D eigenvalue weighted by molar-refractivity contribution is 6.05. The third kappa shape index (κ3) is 5.01. The Morgan fingerprint density at radius 1 is 1.00 bits per heavy atom. The maximum absolute atomic E-state index is 12.4. The SMILES string of the molecule is Cc1cc(C(=O)Nc2cccc(C(=O)NCc3ccccn3)c2)ccc1[N+](=O)[O-]. The fourth-order valence-electron chi connectivity index (χ4n) is 2.72. The van der Waals surface area contributed by atoms with Gasteiger partial charge in [-0.05, 0) is 49.4 Å². The molecule has 1 aromatic heterocycles. The van der Waals surface area contributed by atoms with Crippen LogP contribution in [0.1, 0.15) is 32.0 Å². The van der Waals surface area contributed by atoms with E-state index in [9.17, 15) is 19.7 Å². The van der Waals surface area contributed by atoms with E-state index >= 15 is 0 Å². The molecule has 2 aromatic carbocycles. The first-order chi connectivity index (χ1) is 13.9. The zero-order chi connectivity index (χ0) is 20.8. The molecule has 0 unspecified atom stereocenters. The molecule has 1 heterocycles. The number of nitrogens with one attached hydrogen (secondary N) is 2. The highest BCUT2D eigenvalue weighted by Crippen LogP contribution is 2.20. The van der Waals surface area contributed by atoms with Crippen molar-refractivity contribution in [3.8, 4) is 0 Å². The lowest BCUT2D eigenvalue weighted by Crippen LogP contribution is -2.23. The van der Waals surface area contributed by atoms with Gasteiger partial charge in [0.1, 0.15) is 0 Å². The van der Waals surface area contributed by atoms with E-state index in [1.54, 1.807) is 43.5 Å². The third-order valence-electron chi connectivity index (χ3n) is 4.19. The van der Waals surface area contributed by atoms with E-state index in [4.69, 9.17) is 0 Å². The van der Waals surface area contributed by atoms with E-state index in [-0.39, 0.29) is 17.2 Å². The second-order valence-corrected chi connectivity index (χ2v) is 6.30. The number of carbonyl (C=O) groups excluding carboxylic acids is 2. The molecule has 29 heavy (non-hydrogen) atoms.